The highest BCUT2D eigenvalue weighted by molar-refractivity contribution is 7.80. The average Bonchev–Trinajstić information content (AvgIpc) is 3.43. The number of anilines is 4. The van der Waals surface area contributed by atoms with E-state index >= 15 is 0 Å². The summed E-state index contributed by atoms with van der Waals surface area (Å²) in [4.78, 5) is 17.1. The van der Waals surface area contributed by atoms with Crippen LogP contribution in [0.2, 0.25) is 0 Å². The molecule has 0 radical (unpaired) electrons. The molecule has 3 fully saturated rings. The molecule has 0 saturated carbocycles. The van der Waals surface area contributed by atoms with E-state index in [1.165, 1.54) is 69.3 Å². The van der Waals surface area contributed by atoms with E-state index in [1.54, 1.807) is 0 Å². The molecule has 194 valence electrons. The van der Waals surface area contributed by atoms with Crippen molar-refractivity contribution in [2.75, 3.05) is 52.7 Å². The zero-order chi connectivity index (χ0) is 24.9. The van der Waals surface area contributed by atoms with Crippen LogP contribution in [0.4, 0.5) is 23.3 Å². The van der Waals surface area contributed by atoms with E-state index in [-0.39, 0.29) is 0 Å². The number of hydrogen-bond donors (Lipinski definition) is 2. The Morgan fingerprint density at radius 1 is 0.861 bits per heavy atom. The van der Waals surface area contributed by atoms with Crippen LogP contribution in [0, 0.1) is 5.92 Å². The topological polar surface area (TPSA) is 59.6 Å². The molecule has 3 aliphatic rings. The molecule has 3 aliphatic heterocycles. The predicted molar refractivity (Wildman–Crippen MR) is 154 cm³/mol. The minimum Gasteiger partial charge on any atom is -0.372 e. The molecule has 0 amide bonds. The van der Waals surface area contributed by atoms with Gasteiger partial charge in [-0.15, -0.1) is 0 Å². The van der Waals surface area contributed by atoms with Crippen molar-refractivity contribution in [3.63, 3.8) is 0 Å². The molecule has 2 aromatic rings. The maximum Gasteiger partial charge on any atom is 0.232 e. The summed E-state index contributed by atoms with van der Waals surface area (Å²) in [7, 11) is 0. The van der Waals surface area contributed by atoms with Gasteiger partial charge in [0.25, 0.3) is 0 Å². The van der Waals surface area contributed by atoms with E-state index in [2.05, 4.69) is 69.5 Å². The third-order valence-electron chi connectivity index (χ3n) is 7.99. The van der Waals surface area contributed by atoms with E-state index in [1.807, 2.05) is 0 Å². The summed E-state index contributed by atoms with van der Waals surface area (Å²) >= 11 is 5.65. The van der Waals surface area contributed by atoms with E-state index in [0.717, 1.165) is 37.2 Å². The van der Waals surface area contributed by atoms with E-state index in [9.17, 15) is 0 Å². The zero-order valence-electron chi connectivity index (χ0n) is 21.9. The molecule has 1 aromatic carbocycles. The Morgan fingerprint density at radius 3 is 2.28 bits per heavy atom. The Balaban J connectivity index is 1.25. The fourth-order valence-corrected chi connectivity index (χ4v) is 5.75. The molecule has 0 aliphatic carbocycles. The SMILES string of the molecule is CC1CCN(c2cc(N3CCCC[C@@H]3C)nc(NC(=S)NCc3ccc(N4CCCC4)cc3)n2)CC1. The van der Waals surface area contributed by atoms with Gasteiger partial charge >= 0.3 is 0 Å². The highest BCUT2D eigenvalue weighted by Crippen LogP contribution is 2.29. The van der Waals surface area contributed by atoms with Gasteiger partial charge in [0, 0.05) is 57.1 Å². The molecule has 5 rings (SSSR count). The first-order valence-electron chi connectivity index (χ1n) is 13.8. The van der Waals surface area contributed by atoms with Crippen LogP contribution in [0.5, 0.6) is 0 Å². The number of aromatic nitrogens is 2. The molecular weight excluding hydrogens is 466 g/mol. The van der Waals surface area contributed by atoms with Gasteiger partial charge in [0.15, 0.2) is 5.11 Å². The molecule has 7 nitrogen and oxygen atoms in total. The molecule has 2 N–H and O–H groups in total. The van der Waals surface area contributed by atoms with Gasteiger partial charge in [0.05, 0.1) is 0 Å². The third kappa shape index (κ3) is 6.20. The molecule has 3 saturated heterocycles. The first-order chi connectivity index (χ1) is 17.5. The Labute approximate surface area is 221 Å². The van der Waals surface area contributed by atoms with Gasteiger partial charge < -0.3 is 25.3 Å². The van der Waals surface area contributed by atoms with Crippen molar-refractivity contribution in [2.45, 2.75) is 71.4 Å². The van der Waals surface area contributed by atoms with E-state index in [4.69, 9.17) is 22.2 Å². The predicted octanol–water partition coefficient (Wildman–Crippen LogP) is 5.18. The van der Waals surface area contributed by atoms with Crippen molar-refractivity contribution in [1.82, 2.24) is 15.3 Å². The number of benzene rings is 1. The molecule has 4 heterocycles. The fourth-order valence-electron chi connectivity index (χ4n) is 5.59. The highest BCUT2D eigenvalue weighted by atomic mass is 32.1. The summed E-state index contributed by atoms with van der Waals surface area (Å²) in [6, 6.07) is 11.5. The number of thiocarbonyl (C=S) groups is 1. The monoisotopic (exact) mass is 507 g/mol. The van der Waals surface area contributed by atoms with Crippen molar-refractivity contribution in [3.05, 3.63) is 35.9 Å². The summed E-state index contributed by atoms with van der Waals surface area (Å²) in [6.45, 7) is 10.8. The lowest BCUT2D eigenvalue weighted by molar-refractivity contribution is 0.436. The number of hydrogen-bond acceptors (Lipinski definition) is 6. The molecule has 0 unspecified atom stereocenters. The molecule has 0 bridgehead atoms. The van der Waals surface area contributed by atoms with Crippen molar-refractivity contribution < 1.29 is 0 Å². The van der Waals surface area contributed by atoms with Gasteiger partial charge in [-0.2, -0.15) is 9.97 Å². The van der Waals surface area contributed by atoms with Gasteiger partial charge in [-0.3, -0.25) is 0 Å². The van der Waals surface area contributed by atoms with Crippen LogP contribution in [0.1, 0.15) is 64.4 Å². The summed E-state index contributed by atoms with van der Waals surface area (Å²) in [5.41, 5.74) is 2.52. The molecule has 1 atom stereocenters. The quantitative estimate of drug-likeness (QED) is 0.519. The van der Waals surface area contributed by atoms with Crippen molar-refractivity contribution in [3.8, 4) is 0 Å². The second-order valence-corrected chi connectivity index (χ2v) is 11.2. The van der Waals surface area contributed by atoms with Crippen LogP contribution in [0.15, 0.2) is 30.3 Å². The number of nitrogens with zero attached hydrogens (tertiary/aromatic N) is 5. The zero-order valence-corrected chi connectivity index (χ0v) is 22.7. The van der Waals surface area contributed by atoms with E-state index < -0.39 is 0 Å². The Morgan fingerprint density at radius 2 is 1.56 bits per heavy atom. The lowest BCUT2D eigenvalue weighted by Crippen LogP contribution is -2.39. The van der Waals surface area contributed by atoms with Crippen LogP contribution in [-0.2, 0) is 6.54 Å². The average molecular weight is 508 g/mol. The van der Waals surface area contributed by atoms with Crippen LogP contribution in [0.25, 0.3) is 0 Å². The third-order valence-corrected chi connectivity index (χ3v) is 8.24. The molecule has 8 heteroatoms. The van der Waals surface area contributed by atoms with E-state index in [0.29, 0.717) is 23.6 Å². The minimum atomic E-state index is 0.490. The van der Waals surface area contributed by atoms with Gasteiger partial charge in [-0.05, 0) is 87.7 Å². The molecule has 0 spiro atoms. The van der Waals surface area contributed by atoms with Crippen molar-refractivity contribution in [2.24, 2.45) is 5.92 Å². The van der Waals surface area contributed by atoms with Crippen LogP contribution in [-0.4, -0.2) is 53.8 Å². The van der Waals surface area contributed by atoms with Crippen molar-refractivity contribution in [1.29, 1.82) is 0 Å². The summed E-state index contributed by atoms with van der Waals surface area (Å²) in [5, 5.41) is 7.19. The highest BCUT2D eigenvalue weighted by Gasteiger charge is 2.24. The van der Waals surface area contributed by atoms with Crippen LogP contribution < -0.4 is 25.3 Å². The van der Waals surface area contributed by atoms with Gasteiger partial charge in [0.1, 0.15) is 11.6 Å². The van der Waals surface area contributed by atoms with Gasteiger partial charge in [-0.25, -0.2) is 0 Å². The first-order valence-corrected chi connectivity index (χ1v) is 14.3. The van der Waals surface area contributed by atoms with Gasteiger partial charge in [-0.1, -0.05) is 19.1 Å². The second-order valence-electron chi connectivity index (χ2n) is 10.8. The maximum absolute atomic E-state index is 5.65. The summed E-state index contributed by atoms with van der Waals surface area (Å²) in [6.07, 6.45) is 8.71. The normalized spacial score (nSPS) is 21.1. The number of rotatable bonds is 6. The van der Waals surface area contributed by atoms with Crippen LogP contribution in [0.3, 0.4) is 0 Å². The number of nitrogens with one attached hydrogen (secondary N) is 2. The van der Waals surface area contributed by atoms with Crippen molar-refractivity contribution >= 4 is 40.6 Å². The standard InChI is InChI=1S/C28H41N7S/c1-21-12-17-34(18-13-21)25-19-26(35-16-4-3-7-22(35)2)31-27(30-25)32-28(36)29-20-23-8-10-24(11-9-23)33-14-5-6-15-33/h8-11,19,21-22H,3-7,12-18,20H2,1-2H3,(H2,29,30,31,32,36)/t22-/m0/s1. The molecule has 1 aromatic heterocycles. The van der Waals surface area contributed by atoms with Gasteiger partial charge in [0.2, 0.25) is 5.95 Å². The smallest absolute Gasteiger partial charge is 0.232 e. The second kappa shape index (κ2) is 11.6. The van der Waals surface area contributed by atoms with Crippen LogP contribution >= 0.6 is 12.2 Å². The maximum atomic E-state index is 5.65. The first kappa shape index (κ1) is 25.1. The Hall–Kier alpha value is -2.61. The largest absolute Gasteiger partial charge is 0.372 e. The Bertz CT molecular complexity index is 1010. The fraction of sp³-hybridized carbons (Fsp3) is 0.607. The Kier molecular flexibility index (Phi) is 8.09. The lowest BCUT2D eigenvalue weighted by Gasteiger charge is -2.36. The molecule has 36 heavy (non-hydrogen) atoms. The number of piperidine rings is 2. The minimum absolute atomic E-state index is 0.490. The molecular formula is C28H41N7S. The summed E-state index contributed by atoms with van der Waals surface area (Å²) < 4.78 is 0. The lowest BCUT2D eigenvalue weighted by atomic mass is 9.99. The summed E-state index contributed by atoms with van der Waals surface area (Å²) in [5.74, 6) is 3.38.